The van der Waals surface area contributed by atoms with Gasteiger partial charge in [0.25, 0.3) is 5.91 Å². The van der Waals surface area contributed by atoms with Crippen molar-refractivity contribution in [1.29, 1.82) is 0 Å². The summed E-state index contributed by atoms with van der Waals surface area (Å²) in [7, 11) is 4.49. The highest BCUT2D eigenvalue weighted by molar-refractivity contribution is 7.22. The van der Waals surface area contributed by atoms with Gasteiger partial charge in [-0.25, -0.2) is 4.98 Å². The standard InChI is InChI=1S/C29H28N2O6S/c1-17-6-10-21-26(12-17)38-29(30-21)31-27(33)16-37-23-13-19(8-7-18(23)2)9-11-22(32)20-14-24(34-3)28(36-5)25(15-20)35-4/h6-15H,16H2,1-5H3,(H,30,31,33)/b11-9+. The van der Waals surface area contributed by atoms with Crippen molar-refractivity contribution in [2.45, 2.75) is 13.8 Å². The van der Waals surface area contributed by atoms with Crippen molar-refractivity contribution in [3.05, 3.63) is 76.9 Å². The summed E-state index contributed by atoms with van der Waals surface area (Å²) in [5, 5.41) is 3.32. The lowest BCUT2D eigenvalue weighted by Gasteiger charge is -2.13. The number of amides is 1. The summed E-state index contributed by atoms with van der Waals surface area (Å²) in [5.41, 5.74) is 3.97. The Morgan fingerprint density at radius 2 is 1.66 bits per heavy atom. The first-order chi connectivity index (χ1) is 18.3. The van der Waals surface area contributed by atoms with E-state index in [0.717, 1.165) is 26.9 Å². The molecule has 196 valence electrons. The molecule has 0 radical (unpaired) electrons. The molecule has 0 saturated carbocycles. The molecule has 4 rings (SSSR count). The van der Waals surface area contributed by atoms with Crippen LogP contribution in [0.15, 0.2) is 54.6 Å². The van der Waals surface area contributed by atoms with Gasteiger partial charge in [0.2, 0.25) is 5.75 Å². The van der Waals surface area contributed by atoms with Crippen LogP contribution < -0.4 is 24.3 Å². The highest BCUT2D eigenvalue weighted by Crippen LogP contribution is 2.38. The zero-order valence-corrected chi connectivity index (χ0v) is 22.6. The van der Waals surface area contributed by atoms with Crippen molar-refractivity contribution >= 4 is 44.5 Å². The number of aryl methyl sites for hydroxylation is 2. The molecular weight excluding hydrogens is 504 g/mol. The SMILES string of the molecule is COc1cc(C(=O)/C=C/c2ccc(C)c(OCC(=O)Nc3nc4ccc(C)cc4s3)c2)cc(OC)c1OC. The number of rotatable bonds is 10. The number of carbonyl (C=O) groups excluding carboxylic acids is 2. The van der Waals surface area contributed by atoms with Crippen molar-refractivity contribution in [1.82, 2.24) is 4.98 Å². The molecule has 38 heavy (non-hydrogen) atoms. The molecule has 0 atom stereocenters. The zero-order chi connectivity index (χ0) is 27.2. The van der Waals surface area contributed by atoms with Crippen molar-refractivity contribution in [2.75, 3.05) is 33.3 Å². The van der Waals surface area contributed by atoms with Gasteiger partial charge in [-0.1, -0.05) is 35.6 Å². The number of anilines is 1. The number of ether oxygens (including phenoxy) is 4. The van der Waals surface area contributed by atoms with Gasteiger partial charge in [-0.15, -0.1) is 0 Å². The van der Waals surface area contributed by atoms with E-state index in [4.69, 9.17) is 18.9 Å². The Bertz CT molecular complexity index is 1500. The van der Waals surface area contributed by atoms with Gasteiger partial charge in [0.15, 0.2) is 29.0 Å². The van der Waals surface area contributed by atoms with E-state index in [1.807, 2.05) is 44.2 Å². The third-order valence-electron chi connectivity index (χ3n) is 5.74. The van der Waals surface area contributed by atoms with Gasteiger partial charge in [-0.3, -0.25) is 14.9 Å². The lowest BCUT2D eigenvalue weighted by Crippen LogP contribution is -2.20. The number of nitrogens with one attached hydrogen (secondary N) is 1. The van der Waals surface area contributed by atoms with Gasteiger partial charge in [-0.05, 0) is 66.9 Å². The minimum Gasteiger partial charge on any atom is -0.493 e. The van der Waals surface area contributed by atoms with E-state index in [2.05, 4.69) is 10.3 Å². The third-order valence-corrected chi connectivity index (χ3v) is 6.67. The van der Waals surface area contributed by atoms with Crippen LogP contribution in [0.3, 0.4) is 0 Å². The molecule has 1 aromatic heterocycles. The fourth-order valence-electron chi connectivity index (χ4n) is 3.75. The van der Waals surface area contributed by atoms with Gasteiger partial charge in [-0.2, -0.15) is 0 Å². The second-order valence-corrected chi connectivity index (χ2v) is 9.49. The number of benzene rings is 3. The Kier molecular flexibility index (Phi) is 8.28. The molecule has 0 saturated heterocycles. The second kappa shape index (κ2) is 11.8. The number of hydrogen-bond acceptors (Lipinski definition) is 8. The highest BCUT2D eigenvalue weighted by atomic mass is 32.1. The fourth-order valence-corrected chi connectivity index (χ4v) is 4.73. The number of hydrogen-bond donors (Lipinski definition) is 1. The van der Waals surface area contributed by atoms with Crippen LogP contribution in [0.1, 0.15) is 27.0 Å². The molecule has 0 unspecified atom stereocenters. The first-order valence-electron chi connectivity index (χ1n) is 11.7. The van der Waals surface area contributed by atoms with Gasteiger partial charge >= 0.3 is 0 Å². The lowest BCUT2D eigenvalue weighted by molar-refractivity contribution is -0.118. The summed E-state index contributed by atoms with van der Waals surface area (Å²) in [5.74, 6) is 1.21. The van der Waals surface area contributed by atoms with Crippen LogP contribution in [0.5, 0.6) is 23.0 Å². The predicted octanol–water partition coefficient (Wildman–Crippen LogP) is 5.85. The Balaban J connectivity index is 1.42. The minimum absolute atomic E-state index is 0.173. The molecule has 4 aromatic rings. The number of aromatic nitrogens is 1. The van der Waals surface area contributed by atoms with Crippen LogP contribution in [0, 0.1) is 13.8 Å². The third kappa shape index (κ3) is 6.12. The Morgan fingerprint density at radius 3 is 2.34 bits per heavy atom. The summed E-state index contributed by atoms with van der Waals surface area (Å²) in [6, 6.07) is 14.7. The Hall–Kier alpha value is -4.37. The maximum atomic E-state index is 12.8. The summed E-state index contributed by atoms with van der Waals surface area (Å²) < 4.78 is 22.8. The van der Waals surface area contributed by atoms with Crippen molar-refractivity contribution in [2.24, 2.45) is 0 Å². The van der Waals surface area contributed by atoms with E-state index in [1.54, 1.807) is 24.3 Å². The quantitative estimate of drug-likeness (QED) is 0.202. The largest absolute Gasteiger partial charge is 0.493 e. The molecule has 3 aromatic carbocycles. The molecule has 0 bridgehead atoms. The molecule has 1 heterocycles. The van der Waals surface area contributed by atoms with Crippen LogP contribution in [-0.2, 0) is 4.79 Å². The number of fused-ring (bicyclic) bond motifs is 1. The van der Waals surface area contributed by atoms with Crippen molar-refractivity contribution in [3.8, 4) is 23.0 Å². The number of carbonyl (C=O) groups is 2. The average molecular weight is 533 g/mol. The molecule has 8 nitrogen and oxygen atoms in total. The van der Waals surface area contributed by atoms with Crippen LogP contribution in [0.2, 0.25) is 0 Å². The van der Waals surface area contributed by atoms with E-state index in [1.165, 1.54) is 38.7 Å². The fraction of sp³-hybridized carbons (Fsp3) is 0.207. The number of allylic oxidation sites excluding steroid dienone is 1. The summed E-state index contributed by atoms with van der Waals surface area (Å²) in [6.07, 6.45) is 3.14. The topological polar surface area (TPSA) is 96.0 Å². The van der Waals surface area contributed by atoms with Crippen LogP contribution in [-0.4, -0.2) is 44.6 Å². The van der Waals surface area contributed by atoms with Crippen LogP contribution in [0.4, 0.5) is 5.13 Å². The van der Waals surface area contributed by atoms with Crippen molar-refractivity contribution < 1.29 is 28.5 Å². The molecule has 1 amide bonds. The molecule has 0 aliphatic rings. The normalized spacial score (nSPS) is 11.0. The first-order valence-corrected chi connectivity index (χ1v) is 12.6. The van der Waals surface area contributed by atoms with E-state index in [9.17, 15) is 9.59 Å². The van der Waals surface area contributed by atoms with Gasteiger partial charge in [0.1, 0.15) is 5.75 Å². The average Bonchev–Trinajstić information content (AvgIpc) is 3.31. The predicted molar refractivity (Wildman–Crippen MR) is 149 cm³/mol. The minimum atomic E-state index is -0.307. The van der Waals surface area contributed by atoms with E-state index in [0.29, 0.717) is 33.7 Å². The summed E-state index contributed by atoms with van der Waals surface area (Å²) >= 11 is 1.42. The summed E-state index contributed by atoms with van der Waals surface area (Å²) in [6.45, 7) is 3.73. The Morgan fingerprint density at radius 1 is 0.921 bits per heavy atom. The summed E-state index contributed by atoms with van der Waals surface area (Å²) in [4.78, 5) is 29.8. The van der Waals surface area contributed by atoms with Gasteiger partial charge in [0, 0.05) is 5.56 Å². The molecule has 0 spiro atoms. The number of nitrogens with zero attached hydrogens (tertiary/aromatic N) is 1. The molecular formula is C29H28N2O6S. The van der Waals surface area contributed by atoms with Crippen molar-refractivity contribution in [3.63, 3.8) is 0 Å². The monoisotopic (exact) mass is 532 g/mol. The van der Waals surface area contributed by atoms with E-state index in [-0.39, 0.29) is 18.3 Å². The number of methoxy groups -OCH3 is 3. The zero-order valence-electron chi connectivity index (χ0n) is 21.8. The molecule has 0 fully saturated rings. The van der Waals surface area contributed by atoms with Gasteiger partial charge in [0.05, 0.1) is 31.5 Å². The van der Waals surface area contributed by atoms with Crippen LogP contribution >= 0.6 is 11.3 Å². The molecule has 1 N–H and O–H groups in total. The smallest absolute Gasteiger partial charge is 0.264 e. The maximum Gasteiger partial charge on any atom is 0.264 e. The van der Waals surface area contributed by atoms with Crippen LogP contribution in [0.25, 0.3) is 16.3 Å². The molecule has 0 aliphatic carbocycles. The number of thiazole rings is 1. The maximum absolute atomic E-state index is 12.8. The van der Waals surface area contributed by atoms with E-state index >= 15 is 0 Å². The first kappa shape index (κ1) is 26.7. The highest BCUT2D eigenvalue weighted by Gasteiger charge is 2.16. The number of ketones is 1. The molecule has 9 heteroatoms. The second-order valence-electron chi connectivity index (χ2n) is 8.46. The Labute approximate surface area is 224 Å². The van der Waals surface area contributed by atoms with E-state index < -0.39 is 0 Å². The van der Waals surface area contributed by atoms with Gasteiger partial charge < -0.3 is 18.9 Å². The lowest BCUT2D eigenvalue weighted by atomic mass is 10.1. The molecule has 0 aliphatic heterocycles.